The second kappa shape index (κ2) is 9.71. The van der Waals surface area contributed by atoms with E-state index in [1.165, 1.54) is 38.5 Å². The van der Waals surface area contributed by atoms with Crippen LogP contribution < -0.4 is 5.32 Å². The molecular weight excluding hydrogens is 438 g/mol. The first kappa shape index (κ1) is 22.1. The van der Waals surface area contributed by atoms with E-state index in [2.05, 4.69) is 120 Å². The molecule has 0 saturated heterocycles. The van der Waals surface area contributed by atoms with Crippen LogP contribution in [0, 0.1) is 5.92 Å². The standard InChI is InChI=1S/C33H29N3/c1-24-19-20-31(35-26-13-6-3-7-14-26)30(21-24)29-17-10-16-28-27-15-8-9-18-32(27)36(33(28)29)23-34-22-25-11-4-2-5-12-25/h2-20,23-24,35H,21-22H2,1H3. The van der Waals surface area contributed by atoms with E-state index in [0.717, 1.165) is 17.8 Å². The van der Waals surface area contributed by atoms with Crippen LogP contribution in [0.5, 0.6) is 0 Å². The van der Waals surface area contributed by atoms with E-state index in [9.17, 15) is 0 Å². The monoisotopic (exact) mass is 467 g/mol. The van der Waals surface area contributed by atoms with Crippen LogP contribution in [0.4, 0.5) is 5.69 Å². The number of para-hydroxylation sites is 3. The van der Waals surface area contributed by atoms with Gasteiger partial charge < -0.3 is 5.32 Å². The zero-order valence-corrected chi connectivity index (χ0v) is 20.4. The summed E-state index contributed by atoms with van der Waals surface area (Å²) in [7, 11) is 0. The molecule has 0 bridgehead atoms. The summed E-state index contributed by atoms with van der Waals surface area (Å²) in [5.74, 6) is 0.473. The van der Waals surface area contributed by atoms with E-state index in [4.69, 9.17) is 4.99 Å². The lowest BCUT2D eigenvalue weighted by Gasteiger charge is -2.23. The Morgan fingerprint density at radius 3 is 2.39 bits per heavy atom. The molecule has 5 aromatic rings. The summed E-state index contributed by atoms with van der Waals surface area (Å²) in [5.41, 5.74) is 8.43. The summed E-state index contributed by atoms with van der Waals surface area (Å²) in [6.07, 6.45) is 7.53. The third-order valence-electron chi connectivity index (χ3n) is 6.87. The van der Waals surface area contributed by atoms with Gasteiger partial charge in [-0.2, -0.15) is 0 Å². The highest BCUT2D eigenvalue weighted by atomic mass is 15.0. The van der Waals surface area contributed by atoms with Crippen LogP contribution in [-0.4, -0.2) is 10.9 Å². The molecule has 0 saturated carbocycles. The maximum absolute atomic E-state index is 4.86. The van der Waals surface area contributed by atoms with Crippen molar-refractivity contribution >= 4 is 39.4 Å². The lowest BCUT2D eigenvalue weighted by Crippen LogP contribution is -2.09. The molecule has 3 heteroatoms. The van der Waals surface area contributed by atoms with E-state index < -0.39 is 0 Å². The summed E-state index contributed by atoms with van der Waals surface area (Å²) >= 11 is 0. The number of hydrogen-bond donors (Lipinski definition) is 1. The minimum absolute atomic E-state index is 0.473. The van der Waals surface area contributed by atoms with Crippen LogP contribution in [-0.2, 0) is 6.54 Å². The fourth-order valence-corrected chi connectivity index (χ4v) is 5.14. The van der Waals surface area contributed by atoms with Crippen molar-refractivity contribution in [1.29, 1.82) is 0 Å². The van der Waals surface area contributed by atoms with Gasteiger partial charge in [-0.3, -0.25) is 9.56 Å². The van der Waals surface area contributed by atoms with E-state index in [1.54, 1.807) is 0 Å². The normalized spacial score (nSPS) is 15.9. The highest BCUT2D eigenvalue weighted by Gasteiger charge is 2.20. The average molecular weight is 468 g/mol. The largest absolute Gasteiger partial charge is 0.355 e. The number of hydrogen-bond acceptors (Lipinski definition) is 2. The Hall–Kier alpha value is -4.37. The van der Waals surface area contributed by atoms with Gasteiger partial charge in [-0.25, -0.2) is 0 Å². The maximum Gasteiger partial charge on any atom is 0.0945 e. The van der Waals surface area contributed by atoms with Crippen molar-refractivity contribution in [3.63, 3.8) is 0 Å². The van der Waals surface area contributed by atoms with E-state index in [0.29, 0.717) is 12.5 Å². The minimum atomic E-state index is 0.473. The Morgan fingerprint density at radius 2 is 1.56 bits per heavy atom. The fourth-order valence-electron chi connectivity index (χ4n) is 5.14. The molecule has 0 radical (unpaired) electrons. The summed E-state index contributed by atoms with van der Waals surface area (Å²) in [6, 6.07) is 36.1. The highest BCUT2D eigenvalue weighted by molar-refractivity contribution is 6.14. The second-order valence-corrected chi connectivity index (χ2v) is 9.45. The van der Waals surface area contributed by atoms with E-state index in [1.807, 2.05) is 18.5 Å². The predicted octanol–water partition coefficient (Wildman–Crippen LogP) is 8.29. The molecule has 36 heavy (non-hydrogen) atoms. The van der Waals surface area contributed by atoms with Crippen molar-refractivity contribution in [3.8, 4) is 0 Å². The third-order valence-corrected chi connectivity index (χ3v) is 6.87. The topological polar surface area (TPSA) is 29.3 Å². The van der Waals surface area contributed by atoms with Crippen molar-refractivity contribution in [3.05, 3.63) is 132 Å². The predicted molar refractivity (Wildman–Crippen MR) is 153 cm³/mol. The first-order valence-corrected chi connectivity index (χ1v) is 12.6. The van der Waals surface area contributed by atoms with Gasteiger partial charge >= 0.3 is 0 Å². The van der Waals surface area contributed by atoms with Gasteiger partial charge in [-0.15, -0.1) is 0 Å². The van der Waals surface area contributed by atoms with Gasteiger partial charge in [0.1, 0.15) is 0 Å². The van der Waals surface area contributed by atoms with Gasteiger partial charge in [0, 0.05) is 27.7 Å². The van der Waals surface area contributed by atoms with E-state index >= 15 is 0 Å². The van der Waals surface area contributed by atoms with Crippen LogP contribution in [0.2, 0.25) is 0 Å². The average Bonchev–Trinajstić information content (AvgIpc) is 3.25. The molecule has 1 N–H and O–H groups in total. The summed E-state index contributed by atoms with van der Waals surface area (Å²) in [5, 5.41) is 6.18. The van der Waals surface area contributed by atoms with Gasteiger partial charge in [0.15, 0.2) is 0 Å². The first-order chi connectivity index (χ1) is 17.8. The molecule has 1 aromatic heterocycles. The SMILES string of the molecule is CC1C=CC(Nc2ccccc2)=C(c2cccc3c4ccccc4n(C=NCc4ccccc4)c23)C1. The number of rotatable bonds is 6. The Kier molecular flexibility index (Phi) is 5.96. The second-order valence-electron chi connectivity index (χ2n) is 9.45. The lowest BCUT2D eigenvalue weighted by atomic mass is 9.88. The number of benzene rings is 4. The molecule has 1 atom stereocenters. The van der Waals surface area contributed by atoms with Crippen molar-refractivity contribution in [1.82, 2.24) is 4.57 Å². The van der Waals surface area contributed by atoms with E-state index in [-0.39, 0.29) is 0 Å². The molecule has 1 unspecified atom stereocenters. The van der Waals surface area contributed by atoms with Gasteiger partial charge in [-0.05, 0) is 47.8 Å². The summed E-state index contributed by atoms with van der Waals surface area (Å²) in [6.45, 7) is 2.94. The third kappa shape index (κ3) is 4.25. The van der Waals surface area contributed by atoms with Gasteiger partial charge in [0.05, 0.1) is 23.9 Å². The maximum atomic E-state index is 4.86. The Morgan fingerprint density at radius 1 is 0.833 bits per heavy atom. The molecule has 1 aliphatic rings. The molecule has 4 aromatic carbocycles. The van der Waals surface area contributed by atoms with Crippen molar-refractivity contribution in [2.75, 3.05) is 5.32 Å². The van der Waals surface area contributed by atoms with Crippen molar-refractivity contribution in [2.24, 2.45) is 10.9 Å². The number of anilines is 1. The first-order valence-electron chi connectivity index (χ1n) is 12.6. The van der Waals surface area contributed by atoms with Crippen LogP contribution in [0.3, 0.4) is 0 Å². The minimum Gasteiger partial charge on any atom is -0.355 e. The Labute approximate surface area is 212 Å². The van der Waals surface area contributed by atoms with Crippen LogP contribution in [0.1, 0.15) is 24.5 Å². The molecule has 3 nitrogen and oxygen atoms in total. The number of nitrogens with one attached hydrogen (secondary N) is 1. The molecule has 0 amide bonds. The van der Waals surface area contributed by atoms with Crippen LogP contribution in [0.25, 0.3) is 27.4 Å². The number of nitrogens with zero attached hydrogens (tertiary/aromatic N) is 2. The van der Waals surface area contributed by atoms with Gasteiger partial charge in [-0.1, -0.05) is 97.9 Å². The Bertz CT molecular complexity index is 1600. The lowest BCUT2D eigenvalue weighted by molar-refractivity contribution is 0.744. The molecule has 0 fully saturated rings. The van der Waals surface area contributed by atoms with Crippen molar-refractivity contribution < 1.29 is 0 Å². The zero-order valence-electron chi connectivity index (χ0n) is 20.4. The van der Waals surface area contributed by atoms with Crippen molar-refractivity contribution in [2.45, 2.75) is 19.9 Å². The number of allylic oxidation sites excluding steroid dienone is 3. The molecule has 6 rings (SSSR count). The molecular formula is C33H29N3. The quantitative estimate of drug-likeness (QED) is 0.197. The molecule has 1 aliphatic carbocycles. The number of aliphatic imine (C=N–C) groups is 1. The molecule has 1 heterocycles. The molecule has 0 spiro atoms. The van der Waals surface area contributed by atoms with Crippen LogP contribution >= 0.6 is 0 Å². The van der Waals surface area contributed by atoms with Crippen LogP contribution in [0.15, 0.2) is 126 Å². The number of fused-ring (bicyclic) bond motifs is 3. The highest BCUT2D eigenvalue weighted by Crippen LogP contribution is 2.38. The summed E-state index contributed by atoms with van der Waals surface area (Å²) in [4.78, 5) is 4.86. The number of aromatic nitrogens is 1. The smallest absolute Gasteiger partial charge is 0.0945 e. The molecule has 0 aliphatic heterocycles. The Balaban J connectivity index is 1.53. The molecule has 176 valence electrons. The summed E-state index contributed by atoms with van der Waals surface area (Å²) < 4.78 is 2.28. The zero-order chi connectivity index (χ0) is 24.3. The fraction of sp³-hybridized carbons (Fsp3) is 0.121. The van der Waals surface area contributed by atoms with Gasteiger partial charge in [0.25, 0.3) is 0 Å². The van der Waals surface area contributed by atoms with Gasteiger partial charge in [0.2, 0.25) is 0 Å².